The lowest BCUT2D eigenvalue weighted by Gasteiger charge is -2.07. The minimum absolute atomic E-state index is 0.141. The van der Waals surface area contributed by atoms with Gasteiger partial charge in [0.25, 0.3) is 5.56 Å². The van der Waals surface area contributed by atoms with Crippen molar-refractivity contribution in [3.63, 3.8) is 0 Å². The van der Waals surface area contributed by atoms with Gasteiger partial charge in [-0.1, -0.05) is 24.3 Å². The Bertz CT molecular complexity index is 808. The van der Waals surface area contributed by atoms with E-state index in [0.717, 1.165) is 5.56 Å². The van der Waals surface area contributed by atoms with Gasteiger partial charge in [0, 0.05) is 0 Å². The van der Waals surface area contributed by atoms with E-state index in [1.54, 1.807) is 12.1 Å². The maximum atomic E-state index is 12.2. The lowest BCUT2D eigenvalue weighted by atomic mass is 10.0. The number of nitrogens with zero attached hydrogens (tertiary/aromatic N) is 3. The van der Waals surface area contributed by atoms with Crippen molar-refractivity contribution in [3.05, 3.63) is 46.5 Å². The molecule has 7 heteroatoms. The lowest BCUT2D eigenvalue weighted by Crippen LogP contribution is -2.13. The Balaban J connectivity index is 2.20. The topological polar surface area (TPSA) is 108 Å². The molecule has 0 spiro atoms. The fraction of sp³-hybridized carbons (Fsp3) is 0.0769. The number of aromatic amines is 2. The van der Waals surface area contributed by atoms with Crippen LogP contribution in [0.3, 0.4) is 0 Å². The van der Waals surface area contributed by atoms with Crippen LogP contribution in [-0.4, -0.2) is 30.3 Å². The summed E-state index contributed by atoms with van der Waals surface area (Å²) in [7, 11) is 0. The van der Waals surface area contributed by atoms with E-state index in [2.05, 4.69) is 25.1 Å². The molecular weight excluding hydrogens is 258 g/mol. The van der Waals surface area contributed by atoms with Crippen LogP contribution in [0.25, 0.3) is 22.8 Å². The van der Waals surface area contributed by atoms with Gasteiger partial charge in [0.15, 0.2) is 11.6 Å². The Hall–Kier alpha value is -2.96. The molecule has 0 saturated heterocycles. The molecule has 3 N–H and O–H groups in total. The van der Waals surface area contributed by atoms with Crippen LogP contribution in [0.4, 0.5) is 0 Å². The minimum Gasteiger partial charge on any atom is -0.493 e. The normalized spacial score (nSPS) is 10.7. The van der Waals surface area contributed by atoms with E-state index in [1.807, 2.05) is 19.1 Å². The average Bonchev–Trinajstić information content (AvgIpc) is 2.94. The summed E-state index contributed by atoms with van der Waals surface area (Å²) < 4.78 is 0. The van der Waals surface area contributed by atoms with Crippen LogP contribution < -0.4 is 5.56 Å². The van der Waals surface area contributed by atoms with Gasteiger partial charge in [0.2, 0.25) is 5.88 Å². The van der Waals surface area contributed by atoms with Crippen molar-refractivity contribution in [1.29, 1.82) is 0 Å². The quantitative estimate of drug-likeness (QED) is 0.648. The van der Waals surface area contributed by atoms with E-state index in [1.165, 1.54) is 6.33 Å². The van der Waals surface area contributed by atoms with Crippen molar-refractivity contribution >= 4 is 0 Å². The standard InChI is InChI=1S/C13H11N5O2/c1-7-4-2-3-5-8(7)9-12(19)16-11(17-13(9)20)10-14-6-15-18-10/h2-6H,1H3,(H,14,15,18)(H2,16,17,19,20). The van der Waals surface area contributed by atoms with Gasteiger partial charge in [-0.15, -0.1) is 0 Å². The molecule has 2 aromatic heterocycles. The number of H-pyrrole nitrogens is 2. The van der Waals surface area contributed by atoms with Gasteiger partial charge < -0.3 is 10.1 Å². The molecule has 0 aliphatic rings. The molecule has 0 aliphatic carbocycles. The molecule has 1 aromatic carbocycles. The first-order chi connectivity index (χ1) is 9.66. The number of aromatic hydroxyl groups is 1. The Morgan fingerprint density at radius 1 is 1.20 bits per heavy atom. The molecule has 0 radical (unpaired) electrons. The summed E-state index contributed by atoms with van der Waals surface area (Å²) >= 11 is 0. The fourth-order valence-electron chi connectivity index (χ4n) is 1.99. The first kappa shape index (κ1) is 12.1. The number of hydrogen-bond donors (Lipinski definition) is 3. The highest BCUT2D eigenvalue weighted by Crippen LogP contribution is 2.27. The maximum absolute atomic E-state index is 12.2. The van der Waals surface area contributed by atoms with Gasteiger partial charge in [-0.3, -0.25) is 9.89 Å². The zero-order chi connectivity index (χ0) is 14.1. The number of aryl methyl sites for hydroxylation is 1. The van der Waals surface area contributed by atoms with Crippen molar-refractivity contribution in [2.75, 3.05) is 0 Å². The zero-order valence-corrected chi connectivity index (χ0v) is 10.6. The van der Waals surface area contributed by atoms with Crippen LogP contribution in [0.15, 0.2) is 35.4 Å². The molecule has 3 rings (SSSR count). The van der Waals surface area contributed by atoms with Crippen molar-refractivity contribution in [2.45, 2.75) is 6.92 Å². The number of rotatable bonds is 2. The molecule has 2 heterocycles. The molecule has 0 bridgehead atoms. The van der Waals surface area contributed by atoms with Gasteiger partial charge in [-0.25, -0.2) is 4.98 Å². The summed E-state index contributed by atoms with van der Waals surface area (Å²) in [6.07, 6.45) is 1.29. The Morgan fingerprint density at radius 2 is 2.00 bits per heavy atom. The number of nitrogens with one attached hydrogen (secondary N) is 2. The summed E-state index contributed by atoms with van der Waals surface area (Å²) in [6, 6.07) is 7.28. The van der Waals surface area contributed by atoms with Crippen LogP contribution in [0.1, 0.15) is 5.56 Å². The molecule has 3 aromatic rings. The zero-order valence-electron chi connectivity index (χ0n) is 10.6. The molecule has 100 valence electrons. The molecule has 20 heavy (non-hydrogen) atoms. The van der Waals surface area contributed by atoms with Gasteiger partial charge in [0.1, 0.15) is 11.9 Å². The van der Waals surface area contributed by atoms with Crippen LogP contribution in [-0.2, 0) is 0 Å². The third-order valence-corrected chi connectivity index (χ3v) is 2.95. The van der Waals surface area contributed by atoms with E-state index in [9.17, 15) is 9.90 Å². The highest BCUT2D eigenvalue weighted by molar-refractivity contribution is 5.71. The minimum atomic E-state index is -0.432. The van der Waals surface area contributed by atoms with E-state index >= 15 is 0 Å². The fourth-order valence-corrected chi connectivity index (χ4v) is 1.99. The summed E-state index contributed by atoms with van der Waals surface area (Å²) in [5, 5.41) is 16.3. The Morgan fingerprint density at radius 3 is 2.65 bits per heavy atom. The molecular formula is C13H11N5O2. The third kappa shape index (κ3) is 1.95. The van der Waals surface area contributed by atoms with Gasteiger partial charge in [-0.2, -0.15) is 10.1 Å². The molecule has 7 nitrogen and oxygen atoms in total. The Labute approximate surface area is 113 Å². The van der Waals surface area contributed by atoms with Crippen molar-refractivity contribution in [1.82, 2.24) is 25.1 Å². The van der Waals surface area contributed by atoms with Crippen LogP contribution in [0, 0.1) is 6.92 Å². The second-order valence-corrected chi connectivity index (χ2v) is 4.26. The van der Waals surface area contributed by atoms with Gasteiger partial charge in [-0.05, 0) is 18.1 Å². The van der Waals surface area contributed by atoms with E-state index in [4.69, 9.17) is 0 Å². The van der Waals surface area contributed by atoms with E-state index in [-0.39, 0.29) is 23.1 Å². The lowest BCUT2D eigenvalue weighted by molar-refractivity contribution is 0.454. The monoisotopic (exact) mass is 269 g/mol. The first-order valence-electron chi connectivity index (χ1n) is 5.92. The van der Waals surface area contributed by atoms with Crippen molar-refractivity contribution < 1.29 is 5.11 Å². The summed E-state index contributed by atoms with van der Waals surface area (Å²) in [4.78, 5) is 22.6. The molecule has 0 atom stereocenters. The first-order valence-corrected chi connectivity index (χ1v) is 5.92. The molecule has 0 unspecified atom stereocenters. The largest absolute Gasteiger partial charge is 0.493 e. The highest BCUT2D eigenvalue weighted by Gasteiger charge is 2.16. The van der Waals surface area contributed by atoms with Crippen molar-refractivity contribution in [3.8, 4) is 28.7 Å². The second-order valence-electron chi connectivity index (χ2n) is 4.26. The maximum Gasteiger partial charge on any atom is 0.263 e. The van der Waals surface area contributed by atoms with Crippen LogP contribution in [0.5, 0.6) is 5.88 Å². The molecule has 0 saturated carbocycles. The predicted octanol–water partition coefficient (Wildman–Crippen LogP) is 1.24. The second kappa shape index (κ2) is 4.61. The number of benzene rings is 1. The number of aromatic nitrogens is 5. The average molecular weight is 269 g/mol. The van der Waals surface area contributed by atoms with Crippen LogP contribution >= 0.6 is 0 Å². The van der Waals surface area contributed by atoms with Gasteiger partial charge in [0.05, 0.1) is 0 Å². The summed E-state index contributed by atoms with van der Waals surface area (Å²) in [6.45, 7) is 1.86. The molecule has 0 aliphatic heterocycles. The third-order valence-electron chi connectivity index (χ3n) is 2.95. The highest BCUT2D eigenvalue weighted by atomic mass is 16.3. The van der Waals surface area contributed by atoms with Gasteiger partial charge >= 0.3 is 0 Å². The van der Waals surface area contributed by atoms with E-state index < -0.39 is 5.56 Å². The summed E-state index contributed by atoms with van der Waals surface area (Å²) in [5.41, 5.74) is 1.23. The Kier molecular flexibility index (Phi) is 2.79. The predicted molar refractivity (Wildman–Crippen MR) is 72.1 cm³/mol. The van der Waals surface area contributed by atoms with Crippen LogP contribution in [0.2, 0.25) is 0 Å². The van der Waals surface area contributed by atoms with Crippen molar-refractivity contribution in [2.24, 2.45) is 0 Å². The smallest absolute Gasteiger partial charge is 0.263 e. The molecule has 0 amide bonds. The van der Waals surface area contributed by atoms with E-state index in [0.29, 0.717) is 5.56 Å². The SMILES string of the molecule is Cc1ccccc1-c1c(O)nc(-c2ncn[nH]2)[nH]c1=O. The molecule has 0 fully saturated rings. The number of hydrogen-bond acceptors (Lipinski definition) is 5. The summed E-state index contributed by atoms with van der Waals surface area (Å²) in [5.74, 6) is 0.0884.